The molecule has 0 bridgehead atoms. The first-order valence-corrected chi connectivity index (χ1v) is 15.5. The van der Waals surface area contributed by atoms with Gasteiger partial charge in [-0.05, 0) is 117 Å². The minimum absolute atomic E-state index is 0.295. The number of hydrogen-bond acceptors (Lipinski definition) is 2. The zero-order valence-electron chi connectivity index (χ0n) is 20.6. The fourth-order valence-corrected chi connectivity index (χ4v) is 9.56. The molecule has 0 unspecified atom stereocenters. The summed E-state index contributed by atoms with van der Waals surface area (Å²) in [7, 11) is -1.72. The molecule has 0 radical (unpaired) electrons. The Kier molecular flexibility index (Phi) is 5.25. The van der Waals surface area contributed by atoms with Crippen LogP contribution in [0.4, 0.5) is 0 Å². The number of hydrogen-bond donors (Lipinski definition) is 1. The third-order valence-electron chi connectivity index (χ3n) is 11.1. The molecule has 4 saturated carbocycles. The van der Waals surface area contributed by atoms with E-state index < -0.39 is 13.9 Å². The third kappa shape index (κ3) is 3.50. The maximum atomic E-state index is 10.7. The Balaban J connectivity index is 1.54. The molecule has 4 aliphatic carbocycles. The lowest BCUT2D eigenvalue weighted by atomic mass is 9.44. The summed E-state index contributed by atoms with van der Waals surface area (Å²) in [6, 6.07) is 0. The maximum Gasteiger partial charge on any atom is 0.192 e. The lowest BCUT2D eigenvalue weighted by Crippen LogP contribution is -2.56. The van der Waals surface area contributed by atoms with Gasteiger partial charge in [0.15, 0.2) is 8.32 Å². The summed E-state index contributed by atoms with van der Waals surface area (Å²) in [6.45, 7) is 19.3. The van der Waals surface area contributed by atoms with Gasteiger partial charge in [0.2, 0.25) is 0 Å². The first-order valence-electron chi connectivity index (χ1n) is 12.6. The van der Waals surface area contributed by atoms with Crippen LogP contribution in [0.25, 0.3) is 0 Å². The molecule has 8 atom stereocenters. The Morgan fingerprint density at radius 2 is 1.48 bits per heavy atom. The van der Waals surface area contributed by atoms with Crippen molar-refractivity contribution in [1.82, 2.24) is 0 Å². The van der Waals surface area contributed by atoms with Crippen molar-refractivity contribution in [3.05, 3.63) is 0 Å². The molecule has 29 heavy (non-hydrogen) atoms. The average Bonchev–Trinajstić information content (AvgIpc) is 2.90. The quantitative estimate of drug-likeness (QED) is 0.480. The topological polar surface area (TPSA) is 29.5 Å². The highest BCUT2D eigenvalue weighted by Gasteiger charge is 2.61. The van der Waals surface area contributed by atoms with E-state index in [1.165, 1.54) is 44.9 Å². The van der Waals surface area contributed by atoms with E-state index in [0.717, 1.165) is 36.5 Å². The van der Waals surface area contributed by atoms with Crippen molar-refractivity contribution in [3.8, 4) is 0 Å². The van der Waals surface area contributed by atoms with E-state index in [1.807, 2.05) is 0 Å². The van der Waals surface area contributed by atoms with E-state index in [-0.39, 0.29) is 0 Å². The number of fused-ring (bicyclic) bond motifs is 5. The van der Waals surface area contributed by atoms with Gasteiger partial charge < -0.3 is 9.53 Å². The first kappa shape index (κ1) is 22.3. The fourth-order valence-electron chi connectivity index (χ4n) is 8.11. The van der Waals surface area contributed by atoms with Crippen molar-refractivity contribution >= 4 is 8.32 Å². The van der Waals surface area contributed by atoms with Crippen LogP contribution in [0.5, 0.6) is 0 Å². The predicted octanol–water partition coefficient (Wildman–Crippen LogP) is 7.17. The van der Waals surface area contributed by atoms with Crippen molar-refractivity contribution in [1.29, 1.82) is 0 Å². The molecule has 1 N–H and O–H groups in total. The second-order valence-corrected chi connectivity index (χ2v) is 18.6. The largest absolute Gasteiger partial charge is 0.413 e. The Labute approximate surface area is 181 Å². The van der Waals surface area contributed by atoms with E-state index in [9.17, 15) is 5.11 Å². The van der Waals surface area contributed by atoms with Crippen LogP contribution in [0, 0.1) is 34.5 Å². The Hall–Kier alpha value is 0.137. The van der Waals surface area contributed by atoms with Crippen LogP contribution in [0.2, 0.25) is 18.1 Å². The molecule has 168 valence electrons. The Bertz CT molecular complexity index is 635. The number of aliphatic hydroxyl groups is 1. The van der Waals surface area contributed by atoms with Crippen LogP contribution in [-0.2, 0) is 4.43 Å². The Morgan fingerprint density at radius 3 is 2.14 bits per heavy atom. The second-order valence-electron chi connectivity index (χ2n) is 13.8. The molecule has 4 aliphatic rings. The van der Waals surface area contributed by atoms with Gasteiger partial charge in [0.05, 0.1) is 11.7 Å². The van der Waals surface area contributed by atoms with Gasteiger partial charge in [-0.1, -0.05) is 34.6 Å². The molecule has 3 heteroatoms. The van der Waals surface area contributed by atoms with Crippen LogP contribution in [-0.4, -0.2) is 25.1 Å². The van der Waals surface area contributed by atoms with Crippen molar-refractivity contribution < 1.29 is 9.53 Å². The molecule has 0 aromatic rings. The van der Waals surface area contributed by atoms with E-state index in [4.69, 9.17) is 4.43 Å². The zero-order valence-corrected chi connectivity index (χ0v) is 21.6. The molecule has 0 aromatic heterocycles. The SMILES string of the molecule is CC(C)(C)[Si](C)(C)O[C@@H]1CC[C@@H]2[C@H]3CC[C@@H]4C[C@](C)(O)CC[C@@]4(C)[C@@H]3CC[C@]21C. The van der Waals surface area contributed by atoms with Crippen LogP contribution in [0.15, 0.2) is 0 Å². The highest BCUT2D eigenvalue weighted by atomic mass is 28.4. The first-order chi connectivity index (χ1) is 13.2. The van der Waals surface area contributed by atoms with E-state index in [2.05, 4.69) is 54.6 Å². The van der Waals surface area contributed by atoms with Crippen LogP contribution >= 0.6 is 0 Å². The molecular formula is C26H48O2Si. The van der Waals surface area contributed by atoms with Gasteiger partial charge in [0, 0.05) is 0 Å². The van der Waals surface area contributed by atoms with E-state index in [1.54, 1.807) is 0 Å². The van der Waals surface area contributed by atoms with Gasteiger partial charge in [-0.2, -0.15) is 0 Å². The van der Waals surface area contributed by atoms with Gasteiger partial charge >= 0.3 is 0 Å². The molecule has 0 aromatic carbocycles. The lowest BCUT2D eigenvalue weighted by Gasteiger charge is -2.62. The lowest BCUT2D eigenvalue weighted by molar-refractivity contribution is -0.149. The Morgan fingerprint density at radius 1 is 0.828 bits per heavy atom. The van der Waals surface area contributed by atoms with Gasteiger partial charge in [-0.3, -0.25) is 0 Å². The summed E-state index contributed by atoms with van der Waals surface area (Å²) in [5.41, 5.74) is 0.431. The summed E-state index contributed by atoms with van der Waals surface area (Å²) in [6.07, 6.45) is 11.9. The minimum atomic E-state index is -1.72. The standard InChI is InChI=1S/C26H48O2Si/c1-23(2,3)29(7,8)28-22-12-11-20-19-10-9-18-17-24(4,27)15-16-25(18,5)21(19)13-14-26(20,22)6/h18-22,27H,9-17H2,1-8H3/t18-,19-,20-,21-,22-,24-,25-,26-/m1/s1. The molecule has 0 aliphatic heterocycles. The van der Waals surface area contributed by atoms with Crippen LogP contribution in [0.3, 0.4) is 0 Å². The highest BCUT2D eigenvalue weighted by Crippen LogP contribution is 2.67. The van der Waals surface area contributed by atoms with Crippen molar-refractivity contribution in [2.75, 3.05) is 0 Å². The van der Waals surface area contributed by atoms with Gasteiger partial charge in [-0.25, -0.2) is 0 Å². The second kappa shape index (κ2) is 6.82. The molecule has 0 spiro atoms. The molecule has 0 amide bonds. The third-order valence-corrected chi connectivity index (χ3v) is 15.6. The van der Waals surface area contributed by atoms with Crippen LogP contribution in [0.1, 0.15) is 99.3 Å². The van der Waals surface area contributed by atoms with Gasteiger partial charge in [0.1, 0.15) is 0 Å². The average molecular weight is 421 g/mol. The number of rotatable bonds is 2. The normalized spacial score (nSPS) is 50.6. The van der Waals surface area contributed by atoms with Gasteiger partial charge in [-0.15, -0.1) is 0 Å². The maximum absolute atomic E-state index is 10.7. The summed E-state index contributed by atoms with van der Waals surface area (Å²) in [5.74, 6) is 3.36. The fraction of sp³-hybridized carbons (Fsp3) is 1.00. The monoisotopic (exact) mass is 420 g/mol. The zero-order chi connectivity index (χ0) is 21.5. The molecular weight excluding hydrogens is 372 g/mol. The van der Waals surface area contributed by atoms with Crippen molar-refractivity contribution in [2.24, 2.45) is 34.5 Å². The van der Waals surface area contributed by atoms with Gasteiger partial charge in [0.25, 0.3) is 0 Å². The summed E-state index contributed by atoms with van der Waals surface area (Å²) < 4.78 is 7.08. The molecule has 2 nitrogen and oxygen atoms in total. The summed E-state index contributed by atoms with van der Waals surface area (Å²) in [5, 5.41) is 11.0. The summed E-state index contributed by atoms with van der Waals surface area (Å²) in [4.78, 5) is 0. The van der Waals surface area contributed by atoms with E-state index >= 15 is 0 Å². The molecule has 0 heterocycles. The van der Waals surface area contributed by atoms with Crippen LogP contribution < -0.4 is 0 Å². The summed E-state index contributed by atoms with van der Waals surface area (Å²) >= 11 is 0. The van der Waals surface area contributed by atoms with Crippen molar-refractivity contribution in [3.63, 3.8) is 0 Å². The minimum Gasteiger partial charge on any atom is -0.413 e. The highest BCUT2D eigenvalue weighted by molar-refractivity contribution is 6.74. The predicted molar refractivity (Wildman–Crippen MR) is 124 cm³/mol. The molecule has 0 saturated heterocycles. The smallest absolute Gasteiger partial charge is 0.192 e. The van der Waals surface area contributed by atoms with E-state index in [0.29, 0.717) is 22.0 Å². The molecule has 4 rings (SSSR count). The molecule has 4 fully saturated rings. The van der Waals surface area contributed by atoms with Crippen molar-refractivity contribution in [2.45, 2.75) is 129 Å².